The van der Waals surface area contributed by atoms with Crippen molar-refractivity contribution in [2.75, 3.05) is 0 Å². The summed E-state index contributed by atoms with van der Waals surface area (Å²) in [7, 11) is 0. The van der Waals surface area contributed by atoms with E-state index in [-0.39, 0.29) is 0 Å². The first kappa shape index (κ1) is 28.8. The molecule has 230 valence electrons. The lowest BCUT2D eigenvalue weighted by atomic mass is 9.96. The Morgan fingerprint density at radius 1 is 0.360 bits per heavy atom. The summed E-state index contributed by atoms with van der Waals surface area (Å²) in [4.78, 5) is 0. The molecule has 0 unspecified atom stereocenters. The molecule has 0 fully saturated rings. The van der Waals surface area contributed by atoms with E-state index < -0.39 is 0 Å². The number of fused-ring (bicyclic) bond motifs is 6. The molecule has 0 bridgehead atoms. The second kappa shape index (κ2) is 11.4. The van der Waals surface area contributed by atoms with E-state index in [0.717, 1.165) is 77.2 Å². The molecular weight excluding hydrogens is 611 g/mol. The Labute approximate surface area is 287 Å². The molecule has 0 N–H and O–H groups in total. The fraction of sp³-hybridized carbons (Fsp3) is 0. The SMILES string of the molecule is N#Cc1ccc2c(c1)c1cc(C#N)ccc1n2-c1cc(-c2ccccc2)cc(-c2ccc(C#N)c(-n3c4ccccc4c4ccccc43)c2)c1. The predicted molar refractivity (Wildman–Crippen MR) is 200 cm³/mol. The quantitative estimate of drug-likeness (QED) is 0.193. The summed E-state index contributed by atoms with van der Waals surface area (Å²) >= 11 is 0. The number of hydrogen-bond acceptors (Lipinski definition) is 3. The third-order valence-corrected chi connectivity index (χ3v) is 9.58. The van der Waals surface area contributed by atoms with Gasteiger partial charge in [0.1, 0.15) is 6.07 Å². The van der Waals surface area contributed by atoms with Gasteiger partial charge < -0.3 is 9.13 Å². The van der Waals surface area contributed by atoms with Crippen LogP contribution in [0.5, 0.6) is 0 Å². The second-order valence-electron chi connectivity index (χ2n) is 12.4. The zero-order chi connectivity index (χ0) is 33.8. The van der Waals surface area contributed by atoms with E-state index in [2.05, 4.69) is 88.0 Å². The number of rotatable bonds is 4. The second-order valence-corrected chi connectivity index (χ2v) is 12.4. The average Bonchev–Trinajstić information content (AvgIpc) is 3.69. The van der Waals surface area contributed by atoms with Gasteiger partial charge in [-0.25, -0.2) is 0 Å². The van der Waals surface area contributed by atoms with Crippen LogP contribution >= 0.6 is 0 Å². The van der Waals surface area contributed by atoms with Crippen molar-refractivity contribution < 1.29 is 0 Å². The molecule has 5 nitrogen and oxygen atoms in total. The maximum atomic E-state index is 10.4. The van der Waals surface area contributed by atoms with Crippen LogP contribution in [0.1, 0.15) is 16.7 Å². The van der Waals surface area contributed by atoms with Gasteiger partial charge in [0.2, 0.25) is 0 Å². The molecule has 0 aliphatic carbocycles. The van der Waals surface area contributed by atoms with Crippen molar-refractivity contribution >= 4 is 43.6 Å². The minimum absolute atomic E-state index is 0.563. The molecule has 0 saturated carbocycles. The lowest BCUT2D eigenvalue weighted by molar-refractivity contribution is 1.17. The highest BCUT2D eigenvalue weighted by Gasteiger charge is 2.18. The first-order valence-corrected chi connectivity index (χ1v) is 16.3. The molecule has 2 heterocycles. The number of nitrogens with zero attached hydrogens (tertiary/aromatic N) is 5. The summed E-state index contributed by atoms with van der Waals surface area (Å²) < 4.78 is 4.40. The number of para-hydroxylation sites is 2. The van der Waals surface area contributed by atoms with Crippen molar-refractivity contribution in [3.63, 3.8) is 0 Å². The van der Waals surface area contributed by atoms with Crippen LogP contribution in [-0.2, 0) is 0 Å². The van der Waals surface area contributed by atoms with E-state index in [4.69, 9.17) is 0 Å². The lowest BCUT2D eigenvalue weighted by Crippen LogP contribution is -1.99. The van der Waals surface area contributed by atoms with E-state index >= 15 is 0 Å². The molecule has 7 aromatic carbocycles. The molecule has 5 heteroatoms. The Kier molecular flexibility index (Phi) is 6.56. The molecule has 9 aromatic rings. The maximum absolute atomic E-state index is 10.4. The van der Waals surface area contributed by atoms with Crippen LogP contribution in [0.25, 0.3) is 77.2 Å². The largest absolute Gasteiger partial charge is 0.309 e. The fourth-order valence-electron chi connectivity index (χ4n) is 7.32. The smallest absolute Gasteiger partial charge is 0.101 e. The highest BCUT2D eigenvalue weighted by molar-refractivity contribution is 6.11. The van der Waals surface area contributed by atoms with E-state index in [9.17, 15) is 15.8 Å². The normalized spacial score (nSPS) is 11.1. The highest BCUT2D eigenvalue weighted by Crippen LogP contribution is 2.39. The van der Waals surface area contributed by atoms with Gasteiger partial charge in [0.25, 0.3) is 0 Å². The summed E-state index contributed by atoms with van der Waals surface area (Å²) in [6.45, 7) is 0. The van der Waals surface area contributed by atoms with Gasteiger partial charge in [0, 0.05) is 27.2 Å². The van der Waals surface area contributed by atoms with Crippen LogP contribution in [-0.4, -0.2) is 9.13 Å². The Morgan fingerprint density at radius 3 is 1.48 bits per heavy atom. The van der Waals surface area contributed by atoms with Crippen molar-refractivity contribution in [2.24, 2.45) is 0 Å². The van der Waals surface area contributed by atoms with Crippen LogP contribution in [0.4, 0.5) is 0 Å². The van der Waals surface area contributed by atoms with Crippen LogP contribution < -0.4 is 0 Å². The zero-order valence-corrected chi connectivity index (χ0v) is 26.7. The van der Waals surface area contributed by atoms with Crippen LogP contribution in [0, 0.1) is 34.0 Å². The average molecular weight is 636 g/mol. The maximum Gasteiger partial charge on any atom is 0.101 e. The van der Waals surface area contributed by atoms with Crippen LogP contribution in [0.2, 0.25) is 0 Å². The minimum Gasteiger partial charge on any atom is -0.309 e. The van der Waals surface area contributed by atoms with Gasteiger partial charge in [-0.05, 0) is 101 Å². The first-order chi connectivity index (χ1) is 24.6. The van der Waals surface area contributed by atoms with Crippen LogP contribution in [0.3, 0.4) is 0 Å². The van der Waals surface area contributed by atoms with E-state index in [1.807, 2.05) is 91.0 Å². The third-order valence-electron chi connectivity index (χ3n) is 9.58. The number of aromatic nitrogens is 2. The Hall–Kier alpha value is -7.39. The van der Waals surface area contributed by atoms with Gasteiger partial charge in [-0.3, -0.25) is 0 Å². The van der Waals surface area contributed by atoms with E-state index in [0.29, 0.717) is 16.7 Å². The van der Waals surface area contributed by atoms with Crippen LogP contribution in [0.15, 0.2) is 152 Å². The highest BCUT2D eigenvalue weighted by atomic mass is 15.0. The van der Waals surface area contributed by atoms with Crippen molar-refractivity contribution in [1.29, 1.82) is 15.8 Å². The number of nitriles is 3. The molecule has 0 amide bonds. The third kappa shape index (κ3) is 4.45. The number of benzene rings is 7. The molecule has 2 aromatic heterocycles. The predicted octanol–water partition coefficient (Wildman–Crippen LogP) is 10.8. The van der Waals surface area contributed by atoms with Crippen molar-refractivity contribution in [2.45, 2.75) is 0 Å². The fourth-order valence-corrected chi connectivity index (χ4v) is 7.32. The molecule has 0 saturated heterocycles. The van der Waals surface area contributed by atoms with E-state index in [1.54, 1.807) is 0 Å². The van der Waals surface area contributed by atoms with Gasteiger partial charge in [-0.2, -0.15) is 15.8 Å². The van der Waals surface area contributed by atoms with Crippen molar-refractivity contribution in [3.05, 3.63) is 168 Å². The molecule has 0 radical (unpaired) electrons. The van der Waals surface area contributed by atoms with Gasteiger partial charge in [-0.15, -0.1) is 0 Å². The first-order valence-electron chi connectivity index (χ1n) is 16.3. The Balaban J connectivity index is 1.33. The topological polar surface area (TPSA) is 81.2 Å². The van der Waals surface area contributed by atoms with Gasteiger partial charge in [0.05, 0.1) is 56.6 Å². The molecular formula is C45H25N5. The van der Waals surface area contributed by atoms with Crippen molar-refractivity contribution in [3.8, 4) is 51.8 Å². The summed E-state index contributed by atoms with van der Waals surface area (Å²) in [6, 6.07) is 58.0. The van der Waals surface area contributed by atoms with Gasteiger partial charge >= 0.3 is 0 Å². The standard InChI is InChI=1S/C45H25N5/c46-26-29-14-18-43-39(20-29)40-21-30(27-47)15-19-44(40)49(43)36-23-34(31-8-2-1-3-9-31)22-35(24-36)32-16-17-33(28-48)45(25-32)50-41-12-6-4-10-37(41)38-11-5-7-13-42(38)50/h1-25H. The van der Waals surface area contributed by atoms with Gasteiger partial charge in [0.15, 0.2) is 0 Å². The van der Waals surface area contributed by atoms with E-state index in [1.165, 1.54) is 0 Å². The van der Waals surface area contributed by atoms with Gasteiger partial charge in [-0.1, -0.05) is 72.8 Å². The van der Waals surface area contributed by atoms with Crippen molar-refractivity contribution in [1.82, 2.24) is 9.13 Å². The monoisotopic (exact) mass is 635 g/mol. The lowest BCUT2D eigenvalue weighted by Gasteiger charge is -2.16. The molecule has 9 rings (SSSR count). The Bertz CT molecular complexity index is 2830. The minimum atomic E-state index is 0.563. The summed E-state index contributed by atoms with van der Waals surface area (Å²) in [5, 5.41) is 33.9. The summed E-state index contributed by atoms with van der Waals surface area (Å²) in [5.74, 6) is 0. The number of hydrogen-bond donors (Lipinski definition) is 0. The zero-order valence-electron chi connectivity index (χ0n) is 26.7. The summed E-state index contributed by atoms with van der Waals surface area (Å²) in [6.07, 6.45) is 0. The molecule has 0 spiro atoms. The molecule has 0 atom stereocenters. The Morgan fingerprint density at radius 2 is 0.900 bits per heavy atom. The molecule has 50 heavy (non-hydrogen) atoms. The molecule has 0 aliphatic heterocycles. The summed E-state index contributed by atoms with van der Waals surface area (Å²) in [5.41, 5.74) is 11.5. The molecule has 0 aliphatic rings.